The zero-order valence-corrected chi connectivity index (χ0v) is 13.5. The smallest absolute Gasteiger partial charge is 0.291 e. The highest BCUT2D eigenvalue weighted by atomic mass is 32.2. The van der Waals surface area contributed by atoms with Crippen LogP contribution in [0.1, 0.15) is 23.0 Å². The largest absolute Gasteiger partial charge is 0.460 e. The molecule has 0 amide bonds. The van der Waals surface area contributed by atoms with Gasteiger partial charge in [0.15, 0.2) is 5.78 Å². The minimum atomic E-state index is -7.02. The van der Waals surface area contributed by atoms with Crippen molar-refractivity contribution in [2.75, 3.05) is 11.5 Å². The summed E-state index contributed by atoms with van der Waals surface area (Å²) in [7, 11) is -1.60. The number of carbonyl (C=O) groups is 1. The molecule has 26 heavy (non-hydrogen) atoms. The Hall–Kier alpha value is -1.66. The van der Waals surface area contributed by atoms with Crippen molar-refractivity contribution in [1.29, 1.82) is 0 Å². The van der Waals surface area contributed by atoms with Crippen molar-refractivity contribution < 1.29 is 48.5 Å². The fourth-order valence-corrected chi connectivity index (χ4v) is 2.27. The topological polar surface area (TPSA) is 47.0 Å². The Morgan fingerprint density at radius 3 is 1.92 bits per heavy atom. The summed E-state index contributed by atoms with van der Waals surface area (Å²) in [6.07, 6.45) is -7.03. The molecule has 0 bridgehead atoms. The number of Topliss-reactive ketones (excluding diaryl/α,β-unsaturated/α-hetero) is 1. The van der Waals surface area contributed by atoms with E-state index in [1.807, 2.05) is 0 Å². The summed E-state index contributed by atoms with van der Waals surface area (Å²) in [6, 6.07) is 0.524. The van der Waals surface area contributed by atoms with Gasteiger partial charge in [-0.2, -0.15) is 39.5 Å². The molecule has 0 radical (unpaired) electrons. The van der Waals surface area contributed by atoms with Crippen molar-refractivity contribution in [3.63, 3.8) is 0 Å². The minimum absolute atomic E-state index is 0.0788. The normalized spacial score (nSPS) is 15.0. The van der Waals surface area contributed by atoms with Crippen molar-refractivity contribution in [3.05, 3.63) is 29.6 Å². The van der Waals surface area contributed by atoms with E-state index in [1.165, 1.54) is 6.92 Å². The fraction of sp³-hybridized carbons (Fsp3) is 0.538. The highest BCUT2D eigenvalue weighted by molar-refractivity contribution is 7.85. The van der Waals surface area contributed by atoms with Gasteiger partial charge in [0, 0.05) is 28.3 Å². The molecule has 0 aliphatic heterocycles. The first-order valence-electron chi connectivity index (χ1n) is 6.64. The van der Waals surface area contributed by atoms with Crippen LogP contribution in [0, 0.1) is 0 Å². The van der Waals surface area contributed by atoms with Crippen LogP contribution in [0.3, 0.4) is 0 Å². The average Bonchev–Trinajstić information content (AvgIpc) is 2.53. The molecule has 0 aliphatic carbocycles. The lowest BCUT2D eigenvalue weighted by Crippen LogP contribution is -2.59. The maximum Gasteiger partial charge on any atom is 0.460 e. The van der Waals surface area contributed by atoms with Crippen LogP contribution >= 0.6 is 0 Å². The van der Waals surface area contributed by atoms with Crippen molar-refractivity contribution in [3.8, 4) is 0 Å². The zero-order valence-electron chi connectivity index (χ0n) is 12.7. The molecule has 1 atom stereocenters. The molecule has 1 aromatic rings. The van der Waals surface area contributed by atoms with E-state index in [0.717, 1.165) is 0 Å². The maximum atomic E-state index is 13.7. The Morgan fingerprint density at radius 1 is 1.00 bits per heavy atom. The second-order valence-corrected chi connectivity index (χ2v) is 6.69. The van der Waals surface area contributed by atoms with E-state index in [9.17, 15) is 48.5 Å². The van der Waals surface area contributed by atoms with Gasteiger partial charge >= 0.3 is 23.9 Å². The fourth-order valence-electron chi connectivity index (χ4n) is 1.62. The van der Waals surface area contributed by atoms with E-state index >= 15 is 0 Å². The number of aromatic nitrogens is 1. The van der Waals surface area contributed by atoms with Crippen LogP contribution in [-0.2, 0) is 16.7 Å². The SMILES string of the molecule is CCS(=O)CC(=O)c1ccc(C(F)(F)C(F)(F)C(F)(F)C(F)(F)F)cn1. The standard InChI is InChI=1S/C13H10F9NO2S/c1-2-26(25)6-9(24)8-4-3-7(5-23-8)10(14,15)11(16,17)12(18,19)13(20,21)22/h3-5H,2,6H2,1H3. The Balaban J connectivity index is 3.21. The predicted molar refractivity (Wildman–Crippen MR) is 72.0 cm³/mol. The van der Waals surface area contributed by atoms with Gasteiger partial charge in [-0.1, -0.05) is 6.92 Å². The summed E-state index contributed by atoms with van der Waals surface area (Å²) in [4.78, 5) is 14.7. The number of pyridine rings is 1. The lowest BCUT2D eigenvalue weighted by Gasteiger charge is -2.33. The van der Waals surface area contributed by atoms with Crippen molar-refractivity contribution in [2.45, 2.75) is 30.9 Å². The van der Waals surface area contributed by atoms with Crippen LogP contribution in [-0.4, -0.2) is 44.5 Å². The lowest BCUT2D eigenvalue weighted by atomic mass is 9.98. The van der Waals surface area contributed by atoms with Gasteiger partial charge in [0.1, 0.15) is 5.69 Å². The molecule has 0 spiro atoms. The third-order valence-corrected chi connectivity index (χ3v) is 4.40. The first kappa shape index (κ1) is 22.4. The number of nitrogens with zero attached hydrogens (tertiary/aromatic N) is 1. The first-order chi connectivity index (χ1) is 11.6. The molecule has 0 aliphatic rings. The number of halogens is 9. The maximum absolute atomic E-state index is 13.7. The van der Waals surface area contributed by atoms with Gasteiger partial charge < -0.3 is 0 Å². The third-order valence-electron chi connectivity index (χ3n) is 3.17. The summed E-state index contributed by atoms with van der Waals surface area (Å²) >= 11 is 0. The highest BCUT2D eigenvalue weighted by Crippen LogP contribution is 2.56. The lowest BCUT2D eigenvalue weighted by molar-refractivity contribution is -0.399. The van der Waals surface area contributed by atoms with E-state index in [4.69, 9.17) is 0 Å². The Labute approximate surface area is 143 Å². The molecule has 13 heteroatoms. The van der Waals surface area contributed by atoms with E-state index < -0.39 is 57.5 Å². The number of alkyl halides is 9. The molecular formula is C13H10F9NO2S. The van der Waals surface area contributed by atoms with Crippen LogP contribution in [0.2, 0.25) is 0 Å². The van der Waals surface area contributed by atoms with Crippen molar-refractivity contribution in [1.82, 2.24) is 4.98 Å². The molecule has 3 nitrogen and oxygen atoms in total. The first-order valence-corrected chi connectivity index (χ1v) is 8.13. The van der Waals surface area contributed by atoms with Crippen molar-refractivity contribution in [2.24, 2.45) is 0 Å². The Morgan fingerprint density at radius 2 is 1.54 bits per heavy atom. The van der Waals surface area contributed by atoms with Gasteiger partial charge in [-0.15, -0.1) is 0 Å². The molecule has 148 valence electrons. The molecule has 1 unspecified atom stereocenters. The van der Waals surface area contributed by atoms with Crippen LogP contribution in [0.5, 0.6) is 0 Å². The van der Waals surface area contributed by atoms with Gasteiger partial charge in [-0.05, 0) is 12.1 Å². The Kier molecular flexibility index (Phi) is 6.16. The summed E-state index contributed by atoms with van der Waals surface area (Å²) in [5, 5.41) is 0. The number of ketones is 1. The average molecular weight is 415 g/mol. The number of carbonyl (C=O) groups excluding carboxylic acids is 1. The van der Waals surface area contributed by atoms with Gasteiger partial charge in [-0.3, -0.25) is 14.0 Å². The van der Waals surface area contributed by atoms with Gasteiger partial charge in [0.2, 0.25) is 0 Å². The molecule has 0 N–H and O–H groups in total. The molecular weight excluding hydrogens is 405 g/mol. The molecule has 0 saturated heterocycles. The third kappa shape index (κ3) is 3.86. The molecule has 0 fully saturated rings. The molecule has 1 aromatic heterocycles. The van der Waals surface area contributed by atoms with E-state index in [0.29, 0.717) is 6.07 Å². The second-order valence-electron chi connectivity index (χ2n) is 4.95. The summed E-state index contributed by atoms with van der Waals surface area (Å²) < 4.78 is 127. The zero-order chi connectivity index (χ0) is 20.6. The van der Waals surface area contributed by atoms with E-state index in [1.54, 1.807) is 0 Å². The van der Waals surface area contributed by atoms with Gasteiger partial charge in [0.25, 0.3) is 0 Å². The van der Waals surface area contributed by atoms with Crippen molar-refractivity contribution >= 4 is 16.6 Å². The molecule has 0 saturated carbocycles. The van der Waals surface area contributed by atoms with Gasteiger partial charge in [-0.25, -0.2) is 0 Å². The van der Waals surface area contributed by atoms with Crippen LogP contribution in [0.15, 0.2) is 18.3 Å². The molecule has 0 aromatic carbocycles. The van der Waals surface area contributed by atoms with Crippen LogP contribution in [0.25, 0.3) is 0 Å². The summed E-state index contributed by atoms with van der Waals surface area (Å²) in [5.41, 5.74) is -2.53. The van der Waals surface area contributed by atoms with Crippen LogP contribution in [0.4, 0.5) is 39.5 Å². The second kappa shape index (κ2) is 7.16. The number of rotatable bonds is 7. The van der Waals surface area contributed by atoms with Crippen LogP contribution < -0.4 is 0 Å². The predicted octanol–water partition coefficient (Wildman–Crippen LogP) is 3.96. The van der Waals surface area contributed by atoms with E-state index in [-0.39, 0.29) is 18.0 Å². The monoisotopic (exact) mass is 415 g/mol. The molecule has 1 rings (SSSR count). The quantitative estimate of drug-likeness (QED) is 0.501. The summed E-state index contributed by atoms with van der Waals surface area (Å²) in [6.45, 7) is 1.48. The minimum Gasteiger partial charge on any atom is -0.291 e. The molecule has 1 heterocycles. The summed E-state index contributed by atoms with van der Waals surface area (Å²) in [5.74, 6) is -21.1. The highest BCUT2D eigenvalue weighted by Gasteiger charge is 2.82. The van der Waals surface area contributed by atoms with E-state index in [2.05, 4.69) is 4.98 Å². The number of hydrogen-bond donors (Lipinski definition) is 0. The number of hydrogen-bond acceptors (Lipinski definition) is 3. The Bertz CT molecular complexity index is 686. The van der Waals surface area contributed by atoms with Gasteiger partial charge in [0.05, 0.1) is 5.75 Å².